The minimum absolute atomic E-state index is 0.234. The number of imidazole rings is 1. The summed E-state index contributed by atoms with van der Waals surface area (Å²) in [5.74, 6) is 1.12. The zero-order chi connectivity index (χ0) is 20.0. The Morgan fingerprint density at radius 1 is 1.38 bits per heavy atom. The van der Waals surface area contributed by atoms with Gasteiger partial charge in [0.15, 0.2) is 0 Å². The van der Waals surface area contributed by atoms with Gasteiger partial charge in [-0.15, -0.1) is 0 Å². The molecule has 1 aromatic carbocycles. The number of rotatable bonds is 4. The largest absolute Gasteiger partial charge is 0.493 e. The fourth-order valence-electron chi connectivity index (χ4n) is 3.46. The number of nitrogens with zero attached hydrogens (tertiary/aromatic N) is 5. The Morgan fingerprint density at radius 2 is 2.28 bits per heavy atom. The van der Waals surface area contributed by atoms with Crippen molar-refractivity contribution in [2.45, 2.75) is 13.0 Å². The van der Waals surface area contributed by atoms with Crippen LogP contribution in [0, 0.1) is 12.4 Å². The zero-order valence-electron chi connectivity index (χ0n) is 14.9. The summed E-state index contributed by atoms with van der Waals surface area (Å²) in [6.07, 6.45) is 5.55. The highest BCUT2D eigenvalue weighted by atomic mass is 79.9. The van der Waals surface area contributed by atoms with Gasteiger partial charge in [0.1, 0.15) is 11.6 Å². The van der Waals surface area contributed by atoms with Gasteiger partial charge in [-0.05, 0) is 28.1 Å². The smallest absolute Gasteiger partial charge is 0.288 e. The van der Waals surface area contributed by atoms with E-state index in [1.54, 1.807) is 29.1 Å². The Kier molecular flexibility index (Phi) is 4.17. The van der Waals surface area contributed by atoms with Crippen LogP contribution in [0.1, 0.15) is 11.1 Å². The monoisotopic (exact) mass is 453 g/mol. The molecule has 8 nitrogen and oxygen atoms in total. The van der Waals surface area contributed by atoms with Gasteiger partial charge in [0, 0.05) is 36.5 Å². The number of nitrogens with one attached hydrogen (secondary N) is 2. The zero-order valence-corrected chi connectivity index (χ0v) is 16.5. The van der Waals surface area contributed by atoms with Gasteiger partial charge in [-0.1, -0.05) is 11.6 Å². The molecule has 0 amide bonds. The number of anilines is 1. The molecule has 144 valence electrons. The fraction of sp³-hybridized carbons (Fsp3) is 0.158. The van der Waals surface area contributed by atoms with Gasteiger partial charge in [0.05, 0.1) is 28.5 Å². The lowest BCUT2D eigenvalue weighted by Gasteiger charge is -2.12. The molecule has 0 radical (unpaired) electrons. The van der Waals surface area contributed by atoms with Crippen molar-refractivity contribution in [1.29, 1.82) is 0 Å². The van der Waals surface area contributed by atoms with Crippen molar-refractivity contribution in [3.05, 3.63) is 63.6 Å². The number of ether oxygens (including phenoxy) is 1. The van der Waals surface area contributed by atoms with E-state index in [-0.39, 0.29) is 18.2 Å². The summed E-state index contributed by atoms with van der Waals surface area (Å²) in [6.45, 7) is 8.09. The number of halogens is 2. The lowest BCUT2D eigenvalue weighted by molar-refractivity contribution is 0.356. The number of fused-ring (bicyclic) bond motifs is 2. The number of hydrogen-bond donors (Lipinski definition) is 2. The van der Waals surface area contributed by atoms with Gasteiger partial charge in [-0.3, -0.25) is 9.50 Å². The van der Waals surface area contributed by atoms with E-state index < -0.39 is 0 Å². The van der Waals surface area contributed by atoms with E-state index in [0.717, 1.165) is 15.8 Å². The van der Waals surface area contributed by atoms with Crippen molar-refractivity contribution < 1.29 is 9.13 Å². The molecule has 4 aromatic rings. The van der Waals surface area contributed by atoms with E-state index in [1.807, 2.05) is 0 Å². The third kappa shape index (κ3) is 2.91. The molecule has 10 heteroatoms. The molecule has 0 saturated carbocycles. The van der Waals surface area contributed by atoms with Crippen molar-refractivity contribution in [2.75, 3.05) is 11.9 Å². The molecule has 29 heavy (non-hydrogen) atoms. The second-order valence-electron chi connectivity index (χ2n) is 6.45. The second kappa shape index (κ2) is 6.86. The standard InChI is InChI=1S/C19H13BrFN7O/c1-22-16-9-28-18(26-16)12(17-13(20)8-25-27-17)7-24-19(28)23-6-11-10-4-5-29-15(10)3-2-14(11)21/h2-3,7-9H,4-6H2,(H,23,24)(H,25,27). The van der Waals surface area contributed by atoms with E-state index in [9.17, 15) is 4.39 Å². The minimum Gasteiger partial charge on any atom is -0.493 e. The Labute approximate surface area is 172 Å². The molecule has 2 N–H and O–H groups in total. The summed E-state index contributed by atoms with van der Waals surface area (Å²) < 4.78 is 22.4. The van der Waals surface area contributed by atoms with Crippen LogP contribution in [0.5, 0.6) is 5.75 Å². The molecule has 1 aliphatic rings. The predicted molar refractivity (Wildman–Crippen MR) is 107 cm³/mol. The predicted octanol–water partition coefficient (Wildman–Crippen LogP) is 4.12. The van der Waals surface area contributed by atoms with Gasteiger partial charge in [-0.2, -0.15) is 5.10 Å². The van der Waals surface area contributed by atoms with E-state index in [1.165, 1.54) is 6.07 Å². The Bertz CT molecular complexity index is 1290. The first-order valence-electron chi connectivity index (χ1n) is 8.77. The first kappa shape index (κ1) is 17.6. The SMILES string of the molecule is [C-]#[N+]c1cn2c(NCc3c(F)ccc4c3CCO4)ncc(-c3[nH]ncc3Br)c2n1. The van der Waals surface area contributed by atoms with E-state index in [0.29, 0.717) is 41.4 Å². The quantitative estimate of drug-likeness (QED) is 0.454. The van der Waals surface area contributed by atoms with Gasteiger partial charge in [-0.25, -0.2) is 9.37 Å². The maximum absolute atomic E-state index is 14.4. The highest BCUT2D eigenvalue weighted by Gasteiger charge is 2.21. The molecule has 5 rings (SSSR count). The lowest BCUT2D eigenvalue weighted by atomic mass is 10.0. The highest BCUT2D eigenvalue weighted by molar-refractivity contribution is 9.10. The average Bonchev–Trinajstić information content (AvgIpc) is 3.46. The van der Waals surface area contributed by atoms with Crippen LogP contribution in [0.3, 0.4) is 0 Å². The van der Waals surface area contributed by atoms with E-state index in [2.05, 4.69) is 46.3 Å². The van der Waals surface area contributed by atoms with E-state index >= 15 is 0 Å². The second-order valence-corrected chi connectivity index (χ2v) is 7.30. The molecule has 1 aliphatic heterocycles. The van der Waals surface area contributed by atoms with Gasteiger partial charge >= 0.3 is 0 Å². The summed E-state index contributed by atoms with van der Waals surface area (Å²) in [7, 11) is 0. The van der Waals surface area contributed by atoms with Crippen molar-refractivity contribution in [1.82, 2.24) is 24.6 Å². The van der Waals surface area contributed by atoms with Crippen LogP contribution >= 0.6 is 15.9 Å². The van der Waals surface area contributed by atoms with Crippen LogP contribution in [-0.4, -0.2) is 31.2 Å². The summed E-state index contributed by atoms with van der Waals surface area (Å²) in [4.78, 5) is 12.3. The van der Waals surface area contributed by atoms with Crippen LogP contribution in [0.2, 0.25) is 0 Å². The molecule has 0 bridgehead atoms. The third-order valence-corrected chi connectivity index (χ3v) is 5.42. The Hall–Kier alpha value is -3.45. The number of benzene rings is 1. The van der Waals surface area contributed by atoms with Crippen LogP contribution in [0.15, 0.2) is 35.2 Å². The topological polar surface area (TPSA) is 84.5 Å². The van der Waals surface area contributed by atoms with Gasteiger partial charge < -0.3 is 14.9 Å². The highest BCUT2D eigenvalue weighted by Crippen LogP contribution is 2.32. The number of H-pyrrole nitrogens is 1. The van der Waals surface area contributed by atoms with Crippen LogP contribution < -0.4 is 10.1 Å². The maximum Gasteiger partial charge on any atom is 0.288 e. The molecule has 0 unspecified atom stereocenters. The summed E-state index contributed by atoms with van der Waals surface area (Å²) in [6, 6.07) is 3.07. The molecule has 0 atom stereocenters. The number of hydrogen-bond acceptors (Lipinski definition) is 5. The lowest BCUT2D eigenvalue weighted by Crippen LogP contribution is -2.09. The van der Waals surface area contributed by atoms with Crippen molar-refractivity contribution >= 4 is 33.3 Å². The molecular formula is C19H13BrFN7O. The summed E-state index contributed by atoms with van der Waals surface area (Å²) in [5.41, 5.74) is 3.37. The number of aromatic nitrogens is 5. The maximum atomic E-state index is 14.4. The Morgan fingerprint density at radius 3 is 3.07 bits per heavy atom. The average molecular weight is 454 g/mol. The normalized spacial score (nSPS) is 12.6. The Balaban J connectivity index is 1.56. The first-order valence-corrected chi connectivity index (χ1v) is 9.56. The summed E-state index contributed by atoms with van der Waals surface area (Å²) in [5, 5.41) is 10.1. The van der Waals surface area contributed by atoms with Crippen molar-refractivity contribution in [3.63, 3.8) is 0 Å². The van der Waals surface area contributed by atoms with Crippen molar-refractivity contribution in [3.8, 4) is 17.0 Å². The van der Waals surface area contributed by atoms with Crippen LogP contribution in [0.4, 0.5) is 16.2 Å². The molecule has 4 heterocycles. The van der Waals surface area contributed by atoms with Crippen LogP contribution in [-0.2, 0) is 13.0 Å². The molecular weight excluding hydrogens is 441 g/mol. The molecule has 0 aliphatic carbocycles. The van der Waals surface area contributed by atoms with Gasteiger partial charge in [0.2, 0.25) is 11.6 Å². The molecule has 0 fully saturated rings. The minimum atomic E-state index is -0.288. The van der Waals surface area contributed by atoms with Crippen molar-refractivity contribution in [2.24, 2.45) is 0 Å². The first-order chi connectivity index (χ1) is 14.2. The summed E-state index contributed by atoms with van der Waals surface area (Å²) >= 11 is 3.44. The number of aromatic amines is 1. The van der Waals surface area contributed by atoms with Crippen LogP contribution in [0.25, 0.3) is 21.7 Å². The third-order valence-electron chi connectivity index (χ3n) is 4.82. The fourth-order valence-corrected chi connectivity index (χ4v) is 3.86. The van der Waals surface area contributed by atoms with E-state index in [4.69, 9.17) is 11.3 Å². The van der Waals surface area contributed by atoms with Gasteiger partial charge in [0.25, 0.3) is 5.82 Å². The molecule has 3 aromatic heterocycles. The molecule has 0 spiro atoms. The molecule has 0 saturated heterocycles.